The maximum absolute atomic E-state index is 5.67. The van der Waals surface area contributed by atoms with Crippen LogP contribution in [0.1, 0.15) is 30.0 Å². The summed E-state index contributed by atoms with van der Waals surface area (Å²) in [5, 5.41) is 4.18. The zero-order valence-corrected chi connectivity index (χ0v) is 15.5. The van der Waals surface area contributed by atoms with E-state index in [4.69, 9.17) is 21.7 Å². The lowest BCUT2D eigenvalue weighted by Crippen LogP contribution is -2.39. The minimum absolute atomic E-state index is 0.209. The Labute approximate surface area is 154 Å². The van der Waals surface area contributed by atoms with Crippen LogP contribution in [0, 0.1) is 0 Å². The van der Waals surface area contributed by atoms with Crippen molar-refractivity contribution in [3.8, 4) is 11.5 Å². The van der Waals surface area contributed by atoms with E-state index in [1.165, 1.54) is 5.56 Å². The largest absolute Gasteiger partial charge is 0.497 e. The normalized spacial score (nSPS) is 16.6. The summed E-state index contributed by atoms with van der Waals surface area (Å²) in [6, 6.07) is 16.5. The van der Waals surface area contributed by atoms with Gasteiger partial charge < -0.3 is 19.7 Å². The van der Waals surface area contributed by atoms with Gasteiger partial charge in [0.1, 0.15) is 11.5 Å². The Morgan fingerprint density at radius 2 is 1.96 bits per heavy atom. The molecule has 0 unspecified atom stereocenters. The van der Waals surface area contributed by atoms with Crippen molar-refractivity contribution in [1.29, 1.82) is 0 Å². The number of rotatable bonds is 5. The second-order valence-electron chi connectivity index (χ2n) is 6.10. The van der Waals surface area contributed by atoms with Crippen molar-refractivity contribution in [3.05, 3.63) is 59.7 Å². The minimum atomic E-state index is 0.209. The molecule has 1 N–H and O–H groups in total. The third-order valence-corrected chi connectivity index (χ3v) is 4.97. The maximum Gasteiger partial charge on any atom is 0.169 e. The fraction of sp³-hybridized carbons (Fsp3) is 0.350. The molecule has 5 heteroatoms. The van der Waals surface area contributed by atoms with Crippen LogP contribution >= 0.6 is 12.2 Å². The molecule has 0 bridgehead atoms. The van der Waals surface area contributed by atoms with E-state index in [1.807, 2.05) is 30.3 Å². The molecule has 0 radical (unpaired) electrons. The molecule has 0 aromatic heterocycles. The predicted octanol–water partition coefficient (Wildman–Crippen LogP) is 3.92. The number of methoxy groups -OCH3 is 2. The Bertz CT molecular complexity index is 721. The lowest BCUT2D eigenvalue weighted by Gasteiger charge is -2.29. The highest BCUT2D eigenvalue weighted by Gasteiger charge is 2.30. The molecule has 1 fully saturated rings. The summed E-state index contributed by atoms with van der Waals surface area (Å²) in [6.07, 6.45) is 2.16. The van der Waals surface area contributed by atoms with Crippen LogP contribution in [0.15, 0.2) is 48.5 Å². The molecular formula is C20H24N2O2S. The summed E-state index contributed by atoms with van der Waals surface area (Å²) in [6.45, 7) is 1.68. The lowest BCUT2D eigenvalue weighted by molar-refractivity contribution is 0.357. The number of nitrogens with one attached hydrogen (secondary N) is 1. The summed E-state index contributed by atoms with van der Waals surface area (Å²) < 4.78 is 11.0. The van der Waals surface area contributed by atoms with Crippen LogP contribution < -0.4 is 14.8 Å². The Hall–Kier alpha value is -2.27. The molecule has 0 amide bonds. The first kappa shape index (κ1) is 17.5. The molecule has 1 atom stereocenters. The van der Waals surface area contributed by atoms with Gasteiger partial charge in [0.2, 0.25) is 0 Å². The molecule has 1 heterocycles. The van der Waals surface area contributed by atoms with Crippen LogP contribution in [0.2, 0.25) is 0 Å². The highest BCUT2D eigenvalue weighted by molar-refractivity contribution is 7.80. The number of likely N-dealkylation sites (tertiary alicyclic amines) is 1. The van der Waals surface area contributed by atoms with Crippen molar-refractivity contribution < 1.29 is 9.47 Å². The third kappa shape index (κ3) is 4.04. The van der Waals surface area contributed by atoms with Gasteiger partial charge in [-0.15, -0.1) is 0 Å². The van der Waals surface area contributed by atoms with E-state index in [2.05, 4.69) is 28.4 Å². The molecule has 3 rings (SSSR count). The monoisotopic (exact) mass is 356 g/mol. The van der Waals surface area contributed by atoms with Gasteiger partial charge in [-0.05, 0) is 48.8 Å². The number of hydrogen-bond donors (Lipinski definition) is 1. The van der Waals surface area contributed by atoms with Gasteiger partial charge in [-0.25, -0.2) is 0 Å². The van der Waals surface area contributed by atoms with E-state index in [0.717, 1.165) is 48.1 Å². The summed E-state index contributed by atoms with van der Waals surface area (Å²) in [7, 11) is 3.39. The zero-order chi connectivity index (χ0) is 17.6. The van der Waals surface area contributed by atoms with E-state index in [9.17, 15) is 0 Å². The van der Waals surface area contributed by atoms with Crippen LogP contribution in [-0.4, -0.2) is 30.8 Å². The molecule has 132 valence electrons. The van der Waals surface area contributed by atoms with Crippen LogP contribution in [0.5, 0.6) is 11.5 Å². The van der Waals surface area contributed by atoms with E-state index < -0.39 is 0 Å². The number of thiocarbonyl (C=S) groups is 1. The van der Waals surface area contributed by atoms with Crippen molar-refractivity contribution in [1.82, 2.24) is 10.2 Å². The predicted molar refractivity (Wildman–Crippen MR) is 104 cm³/mol. The van der Waals surface area contributed by atoms with E-state index in [0.29, 0.717) is 0 Å². The highest BCUT2D eigenvalue weighted by atomic mass is 32.1. The Balaban J connectivity index is 1.75. The van der Waals surface area contributed by atoms with Crippen molar-refractivity contribution in [2.45, 2.75) is 25.4 Å². The second kappa shape index (κ2) is 8.21. The van der Waals surface area contributed by atoms with Gasteiger partial charge in [0, 0.05) is 18.7 Å². The van der Waals surface area contributed by atoms with Gasteiger partial charge in [0.15, 0.2) is 5.11 Å². The van der Waals surface area contributed by atoms with E-state index in [-0.39, 0.29) is 6.04 Å². The van der Waals surface area contributed by atoms with Crippen molar-refractivity contribution in [2.75, 3.05) is 20.8 Å². The molecule has 1 aliphatic heterocycles. The van der Waals surface area contributed by atoms with Crippen LogP contribution in [0.4, 0.5) is 0 Å². The third-order valence-electron chi connectivity index (χ3n) is 4.60. The SMILES string of the molecule is COc1ccc(OC)c([C@H]2CCCN2C(=S)NCc2ccccc2)c1. The number of benzene rings is 2. The quantitative estimate of drug-likeness (QED) is 0.822. The number of hydrogen-bond acceptors (Lipinski definition) is 3. The van der Waals surface area contributed by atoms with Gasteiger partial charge in [0.25, 0.3) is 0 Å². The standard InChI is InChI=1S/C20H24N2O2S/c1-23-16-10-11-19(24-2)17(13-16)18-9-6-12-22(18)20(25)21-14-15-7-4-3-5-8-15/h3-5,7-8,10-11,13,18H,6,9,12,14H2,1-2H3,(H,21,25)/t18-/m1/s1. The Kier molecular flexibility index (Phi) is 5.76. The molecule has 0 aliphatic carbocycles. The fourth-order valence-corrected chi connectivity index (χ4v) is 3.60. The van der Waals surface area contributed by atoms with E-state index >= 15 is 0 Å². The molecule has 25 heavy (non-hydrogen) atoms. The number of ether oxygens (including phenoxy) is 2. The smallest absolute Gasteiger partial charge is 0.169 e. The first-order valence-electron chi connectivity index (χ1n) is 8.53. The summed E-state index contributed by atoms with van der Waals surface area (Å²) in [4.78, 5) is 2.26. The highest BCUT2D eigenvalue weighted by Crippen LogP contribution is 2.38. The van der Waals surface area contributed by atoms with Gasteiger partial charge in [-0.3, -0.25) is 0 Å². The zero-order valence-electron chi connectivity index (χ0n) is 14.7. The topological polar surface area (TPSA) is 33.7 Å². The maximum atomic E-state index is 5.67. The fourth-order valence-electron chi connectivity index (χ4n) is 3.31. The average molecular weight is 356 g/mol. The molecule has 0 saturated carbocycles. The van der Waals surface area contributed by atoms with Crippen molar-refractivity contribution in [2.24, 2.45) is 0 Å². The second-order valence-corrected chi connectivity index (χ2v) is 6.49. The van der Waals surface area contributed by atoms with Gasteiger partial charge in [0.05, 0.1) is 20.3 Å². The first-order valence-corrected chi connectivity index (χ1v) is 8.94. The Morgan fingerprint density at radius 3 is 2.68 bits per heavy atom. The summed E-state index contributed by atoms with van der Waals surface area (Å²) in [5.74, 6) is 1.72. The minimum Gasteiger partial charge on any atom is -0.497 e. The molecule has 4 nitrogen and oxygen atoms in total. The van der Waals surface area contributed by atoms with Gasteiger partial charge in [-0.2, -0.15) is 0 Å². The number of nitrogens with zero attached hydrogens (tertiary/aromatic N) is 1. The molecule has 2 aromatic carbocycles. The Morgan fingerprint density at radius 1 is 1.16 bits per heavy atom. The van der Waals surface area contributed by atoms with Crippen LogP contribution in [0.3, 0.4) is 0 Å². The average Bonchev–Trinajstić information content (AvgIpc) is 3.16. The molecule has 1 saturated heterocycles. The summed E-state index contributed by atoms with van der Waals surface area (Å²) >= 11 is 5.67. The molecule has 1 aliphatic rings. The first-order chi connectivity index (χ1) is 12.2. The van der Waals surface area contributed by atoms with Crippen LogP contribution in [0.25, 0.3) is 0 Å². The van der Waals surface area contributed by atoms with Crippen LogP contribution in [-0.2, 0) is 6.54 Å². The molecular weight excluding hydrogens is 332 g/mol. The van der Waals surface area contributed by atoms with Crippen molar-refractivity contribution >= 4 is 17.3 Å². The lowest BCUT2D eigenvalue weighted by atomic mass is 10.0. The van der Waals surface area contributed by atoms with Gasteiger partial charge in [-0.1, -0.05) is 30.3 Å². The molecule has 2 aromatic rings. The molecule has 0 spiro atoms. The summed E-state index contributed by atoms with van der Waals surface area (Å²) in [5.41, 5.74) is 2.35. The van der Waals surface area contributed by atoms with Crippen molar-refractivity contribution in [3.63, 3.8) is 0 Å². The van der Waals surface area contributed by atoms with E-state index in [1.54, 1.807) is 14.2 Å². The van der Waals surface area contributed by atoms with Gasteiger partial charge >= 0.3 is 0 Å².